The maximum atomic E-state index is 13.7. The minimum atomic E-state index is -1.10. The Morgan fingerprint density at radius 1 is 1.24 bits per heavy atom. The number of nitrogens with one attached hydrogen (secondary N) is 2. The zero-order valence-electron chi connectivity index (χ0n) is 13.1. The number of carbonyl (C=O) groups excluding carboxylic acids is 1. The maximum Gasteiger partial charge on any atom is 0.292 e. The smallest absolute Gasteiger partial charge is 0.292 e. The Kier molecular flexibility index (Phi) is 6.01. The number of rotatable bonds is 7. The summed E-state index contributed by atoms with van der Waals surface area (Å²) in [6, 6.07) is 12.5. The predicted octanol–water partition coefficient (Wildman–Crippen LogP) is 2.92. The Balaban J connectivity index is 1.92. The number of nitro groups is 1. The number of hydrogen-bond donors (Lipinski definition) is 2. The molecule has 0 radical (unpaired) electrons. The van der Waals surface area contributed by atoms with E-state index in [2.05, 4.69) is 10.6 Å². The lowest BCUT2D eigenvalue weighted by Gasteiger charge is -2.13. The largest absolute Gasteiger partial charge is 0.379 e. The molecular weight excluding hydrogens is 327 g/mol. The van der Waals surface area contributed by atoms with Crippen LogP contribution in [0.3, 0.4) is 0 Å². The molecule has 1 atom stereocenters. The lowest BCUT2D eigenvalue weighted by molar-refractivity contribution is -0.384. The second-order valence-corrected chi connectivity index (χ2v) is 5.10. The topological polar surface area (TPSA) is 108 Å². The first kappa shape index (κ1) is 17.9. The fourth-order valence-corrected chi connectivity index (χ4v) is 2.21. The molecule has 0 aliphatic rings. The van der Waals surface area contributed by atoms with E-state index in [9.17, 15) is 19.3 Å². The van der Waals surface area contributed by atoms with Crippen LogP contribution in [0.15, 0.2) is 48.5 Å². The molecule has 0 saturated heterocycles. The van der Waals surface area contributed by atoms with Gasteiger partial charge >= 0.3 is 0 Å². The quantitative estimate of drug-likeness (QED) is 0.594. The van der Waals surface area contributed by atoms with E-state index in [0.717, 1.165) is 0 Å². The fraction of sp³-hybridized carbons (Fsp3) is 0.176. The third-order valence-corrected chi connectivity index (χ3v) is 3.42. The zero-order valence-corrected chi connectivity index (χ0v) is 13.1. The fourth-order valence-electron chi connectivity index (χ4n) is 2.21. The minimum absolute atomic E-state index is 0.0291. The molecule has 8 heteroatoms. The van der Waals surface area contributed by atoms with Crippen molar-refractivity contribution in [2.75, 3.05) is 11.9 Å². The molecule has 1 unspecified atom stereocenters. The van der Waals surface area contributed by atoms with E-state index < -0.39 is 22.7 Å². The number of halogens is 1. The number of amides is 1. The number of carbonyl (C=O) groups is 1. The minimum Gasteiger partial charge on any atom is -0.379 e. The molecule has 0 aliphatic heterocycles. The number of nitro benzene ring substituents is 1. The molecule has 1 amide bonds. The van der Waals surface area contributed by atoms with Crippen LogP contribution in [0, 0.1) is 27.3 Å². The van der Waals surface area contributed by atoms with Gasteiger partial charge in [-0.2, -0.15) is 5.26 Å². The summed E-state index contributed by atoms with van der Waals surface area (Å²) in [4.78, 5) is 22.3. The first-order valence-electron chi connectivity index (χ1n) is 7.43. The van der Waals surface area contributed by atoms with E-state index in [1.807, 2.05) is 6.07 Å². The van der Waals surface area contributed by atoms with E-state index in [-0.39, 0.29) is 24.2 Å². The van der Waals surface area contributed by atoms with Gasteiger partial charge in [0.05, 0.1) is 11.0 Å². The van der Waals surface area contributed by atoms with Gasteiger partial charge in [0.25, 0.3) is 5.69 Å². The van der Waals surface area contributed by atoms with Crippen LogP contribution in [0.5, 0.6) is 0 Å². The van der Waals surface area contributed by atoms with Crippen LogP contribution in [0.4, 0.5) is 15.8 Å². The van der Waals surface area contributed by atoms with Crippen LogP contribution in [-0.4, -0.2) is 17.4 Å². The molecule has 0 fully saturated rings. The second kappa shape index (κ2) is 8.40. The summed E-state index contributed by atoms with van der Waals surface area (Å²) in [5.41, 5.74) is 0.292. The Bertz CT molecular complexity index is 820. The van der Waals surface area contributed by atoms with E-state index >= 15 is 0 Å². The number of anilines is 1. The zero-order chi connectivity index (χ0) is 18.2. The van der Waals surface area contributed by atoms with Crippen molar-refractivity contribution in [3.63, 3.8) is 0 Å². The van der Waals surface area contributed by atoms with Gasteiger partial charge in [0, 0.05) is 24.6 Å². The van der Waals surface area contributed by atoms with Crippen molar-refractivity contribution in [3.8, 4) is 6.07 Å². The molecule has 0 heterocycles. The number of nitrogens with zero attached hydrogens (tertiary/aromatic N) is 2. The van der Waals surface area contributed by atoms with Crippen molar-refractivity contribution in [1.29, 1.82) is 5.26 Å². The van der Waals surface area contributed by atoms with Crippen molar-refractivity contribution >= 4 is 17.3 Å². The van der Waals surface area contributed by atoms with Crippen LogP contribution >= 0.6 is 0 Å². The third-order valence-electron chi connectivity index (χ3n) is 3.42. The Morgan fingerprint density at radius 3 is 2.60 bits per heavy atom. The Morgan fingerprint density at radius 2 is 1.92 bits per heavy atom. The first-order valence-corrected chi connectivity index (χ1v) is 7.43. The van der Waals surface area contributed by atoms with Gasteiger partial charge in [-0.1, -0.05) is 30.3 Å². The maximum absolute atomic E-state index is 13.7. The summed E-state index contributed by atoms with van der Waals surface area (Å²) in [7, 11) is 0. The molecular formula is C17H15FN4O3. The van der Waals surface area contributed by atoms with E-state index in [1.54, 1.807) is 18.2 Å². The van der Waals surface area contributed by atoms with Crippen LogP contribution in [0.1, 0.15) is 18.0 Å². The highest BCUT2D eigenvalue weighted by atomic mass is 19.1. The van der Waals surface area contributed by atoms with Gasteiger partial charge < -0.3 is 10.6 Å². The van der Waals surface area contributed by atoms with Crippen LogP contribution in [0.25, 0.3) is 0 Å². The highest BCUT2D eigenvalue weighted by Gasteiger charge is 2.17. The standard InChI is InChI=1S/C17H15FN4O3/c18-13-6-2-1-5-12(13)15(11-19)21-17(23)9-10-20-14-7-3-4-8-16(14)22(24)25/h1-8,15,20H,9-10H2,(H,21,23). The van der Waals surface area contributed by atoms with Gasteiger partial charge in [-0.15, -0.1) is 0 Å². The Labute approximate surface area is 143 Å². The summed E-state index contributed by atoms with van der Waals surface area (Å²) in [6.45, 7) is 0.131. The van der Waals surface area contributed by atoms with Gasteiger partial charge in [0.2, 0.25) is 5.91 Å². The SMILES string of the molecule is N#CC(NC(=O)CCNc1ccccc1[N+](=O)[O-])c1ccccc1F. The molecule has 25 heavy (non-hydrogen) atoms. The average Bonchev–Trinajstić information content (AvgIpc) is 2.60. The van der Waals surface area contributed by atoms with Gasteiger partial charge in [-0.3, -0.25) is 14.9 Å². The summed E-state index contributed by atoms with van der Waals surface area (Å²) >= 11 is 0. The highest BCUT2D eigenvalue weighted by Crippen LogP contribution is 2.23. The second-order valence-electron chi connectivity index (χ2n) is 5.10. The normalized spacial score (nSPS) is 11.2. The van der Waals surface area contributed by atoms with Gasteiger partial charge in [-0.05, 0) is 12.1 Å². The average molecular weight is 342 g/mol. The highest BCUT2D eigenvalue weighted by molar-refractivity contribution is 5.77. The van der Waals surface area contributed by atoms with Gasteiger partial charge in [0.15, 0.2) is 0 Å². The molecule has 0 saturated carbocycles. The molecule has 2 aromatic rings. The van der Waals surface area contributed by atoms with Gasteiger partial charge in [0.1, 0.15) is 17.5 Å². The van der Waals surface area contributed by atoms with Crippen molar-refractivity contribution in [2.45, 2.75) is 12.5 Å². The van der Waals surface area contributed by atoms with E-state index in [4.69, 9.17) is 5.26 Å². The molecule has 0 spiro atoms. The number of para-hydroxylation sites is 2. The molecule has 2 N–H and O–H groups in total. The molecule has 0 aliphatic carbocycles. The number of benzene rings is 2. The van der Waals surface area contributed by atoms with Crippen LogP contribution in [0.2, 0.25) is 0 Å². The van der Waals surface area contributed by atoms with Crippen molar-refractivity contribution in [3.05, 3.63) is 70.0 Å². The number of hydrogen-bond acceptors (Lipinski definition) is 5. The molecule has 2 rings (SSSR count). The van der Waals surface area contributed by atoms with E-state index in [1.165, 1.54) is 30.3 Å². The van der Waals surface area contributed by atoms with E-state index in [0.29, 0.717) is 5.69 Å². The summed E-state index contributed by atoms with van der Waals surface area (Å²) < 4.78 is 13.7. The third kappa shape index (κ3) is 4.75. The summed E-state index contributed by atoms with van der Waals surface area (Å²) in [5.74, 6) is -1.05. The summed E-state index contributed by atoms with van der Waals surface area (Å²) in [5, 5.41) is 25.3. The van der Waals surface area contributed by atoms with Crippen LogP contribution in [-0.2, 0) is 4.79 Å². The molecule has 7 nitrogen and oxygen atoms in total. The predicted molar refractivity (Wildman–Crippen MR) is 89.1 cm³/mol. The number of nitriles is 1. The molecule has 0 aromatic heterocycles. The first-order chi connectivity index (χ1) is 12.0. The summed E-state index contributed by atoms with van der Waals surface area (Å²) in [6.07, 6.45) is -0.0291. The van der Waals surface area contributed by atoms with Crippen molar-refractivity contribution in [2.24, 2.45) is 0 Å². The molecule has 128 valence electrons. The van der Waals surface area contributed by atoms with Crippen molar-refractivity contribution in [1.82, 2.24) is 5.32 Å². The lowest BCUT2D eigenvalue weighted by atomic mass is 10.1. The molecule has 0 bridgehead atoms. The molecule has 2 aromatic carbocycles. The van der Waals surface area contributed by atoms with Gasteiger partial charge in [-0.25, -0.2) is 4.39 Å². The monoisotopic (exact) mass is 342 g/mol. The Hall–Kier alpha value is -3.47. The van der Waals surface area contributed by atoms with Crippen molar-refractivity contribution < 1.29 is 14.1 Å². The lowest BCUT2D eigenvalue weighted by Crippen LogP contribution is -2.29. The van der Waals surface area contributed by atoms with Crippen LogP contribution < -0.4 is 10.6 Å².